The van der Waals surface area contributed by atoms with Crippen LogP contribution in [0.1, 0.15) is 46.3 Å². The summed E-state index contributed by atoms with van der Waals surface area (Å²) in [5, 5.41) is 19.1. The molecule has 6 nitrogen and oxygen atoms in total. The first-order valence-corrected chi connectivity index (χ1v) is 10.9. The molecule has 0 aliphatic carbocycles. The molecule has 1 saturated heterocycles. The minimum atomic E-state index is -4.80. The standard InChI is InChI=1S/C24H24F5NO5/c25-23(26,17-2-1-3-18(14-17)24(27,28)29)20(31)9-8-19-11-13-35-22(34)30(19)12-10-15-4-6-16(7-5-15)21(32)33/h1-7,14,19-20,31H,8-13H2,(H,32,33). The fourth-order valence-electron chi connectivity index (χ4n) is 3.93. The van der Waals surface area contributed by atoms with Crippen LogP contribution in [0.15, 0.2) is 48.5 Å². The number of carboxylic acid groups (broad SMARTS) is 1. The largest absolute Gasteiger partial charge is 0.478 e. The molecule has 0 saturated carbocycles. The third-order valence-electron chi connectivity index (χ3n) is 5.96. The Labute approximate surface area is 197 Å². The summed E-state index contributed by atoms with van der Waals surface area (Å²) in [6.07, 6.45) is -7.46. The quantitative estimate of drug-likeness (QED) is 0.468. The van der Waals surface area contributed by atoms with Crippen molar-refractivity contribution in [3.63, 3.8) is 0 Å². The molecular weight excluding hydrogens is 477 g/mol. The van der Waals surface area contributed by atoms with E-state index >= 15 is 0 Å². The summed E-state index contributed by atoms with van der Waals surface area (Å²) in [5.41, 5.74) is -1.31. The summed E-state index contributed by atoms with van der Waals surface area (Å²) in [4.78, 5) is 24.6. The molecule has 2 N–H and O–H groups in total. The van der Waals surface area contributed by atoms with E-state index in [4.69, 9.17) is 9.84 Å². The van der Waals surface area contributed by atoms with E-state index in [-0.39, 0.29) is 25.1 Å². The van der Waals surface area contributed by atoms with Crippen LogP contribution >= 0.6 is 0 Å². The number of nitrogens with zero attached hydrogens (tertiary/aromatic N) is 1. The molecule has 35 heavy (non-hydrogen) atoms. The van der Waals surface area contributed by atoms with Gasteiger partial charge in [-0.1, -0.05) is 24.3 Å². The molecule has 1 fully saturated rings. The zero-order valence-corrected chi connectivity index (χ0v) is 18.5. The van der Waals surface area contributed by atoms with Gasteiger partial charge in [0, 0.05) is 24.6 Å². The highest BCUT2D eigenvalue weighted by atomic mass is 19.4. The highest BCUT2D eigenvalue weighted by Gasteiger charge is 2.42. The lowest BCUT2D eigenvalue weighted by Gasteiger charge is -2.36. The maximum absolute atomic E-state index is 14.7. The second-order valence-corrected chi connectivity index (χ2v) is 8.30. The maximum atomic E-state index is 14.7. The third kappa shape index (κ3) is 6.47. The number of carbonyl (C=O) groups is 2. The Morgan fingerprint density at radius 3 is 2.37 bits per heavy atom. The molecule has 2 aromatic rings. The number of hydrogen-bond acceptors (Lipinski definition) is 4. The van der Waals surface area contributed by atoms with Gasteiger partial charge >= 0.3 is 18.2 Å². The molecule has 0 bridgehead atoms. The normalized spacial score (nSPS) is 17.7. The molecule has 0 radical (unpaired) electrons. The van der Waals surface area contributed by atoms with Gasteiger partial charge in [0.2, 0.25) is 0 Å². The smallest absolute Gasteiger partial charge is 0.416 e. The summed E-state index contributed by atoms with van der Waals surface area (Å²) < 4.78 is 73.2. The molecule has 2 atom stereocenters. The number of aromatic carboxylic acids is 1. The number of rotatable bonds is 9. The van der Waals surface area contributed by atoms with Crippen molar-refractivity contribution in [3.05, 3.63) is 70.8 Å². The van der Waals surface area contributed by atoms with Gasteiger partial charge in [0.1, 0.15) is 6.10 Å². The molecule has 1 heterocycles. The summed E-state index contributed by atoms with van der Waals surface area (Å²) in [6.45, 7) is 0.253. The fourth-order valence-corrected chi connectivity index (χ4v) is 3.93. The third-order valence-corrected chi connectivity index (χ3v) is 5.96. The molecule has 3 rings (SSSR count). The van der Waals surface area contributed by atoms with Crippen molar-refractivity contribution in [2.24, 2.45) is 0 Å². The number of carboxylic acids is 1. The number of alkyl halides is 5. The van der Waals surface area contributed by atoms with Crippen LogP contribution in [-0.4, -0.2) is 52.5 Å². The average Bonchev–Trinajstić information content (AvgIpc) is 2.81. The molecule has 1 amide bonds. The number of aliphatic hydroxyl groups excluding tert-OH is 1. The highest BCUT2D eigenvalue weighted by molar-refractivity contribution is 5.87. The van der Waals surface area contributed by atoms with Gasteiger partial charge in [-0.25, -0.2) is 9.59 Å². The van der Waals surface area contributed by atoms with Crippen LogP contribution < -0.4 is 0 Å². The Morgan fingerprint density at radius 2 is 1.74 bits per heavy atom. The van der Waals surface area contributed by atoms with Gasteiger partial charge in [-0.3, -0.25) is 0 Å². The van der Waals surface area contributed by atoms with E-state index in [1.165, 1.54) is 17.0 Å². The van der Waals surface area contributed by atoms with E-state index in [0.29, 0.717) is 25.0 Å². The van der Waals surface area contributed by atoms with E-state index in [9.17, 15) is 36.6 Å². The Balaban J connectivity index is 1.64. The van der Waals surface area contributed by atoms with Crippen LogP contribution in [-0.2, 0) is 23.3 Å². The SMILES string of the molecule is O=C(O)c1ccc(CCN2C(=O)OCCC2CCC(O)C(F)(F)c2cccc(C(F)(F)F)c2)cc1. The van der Waals surface area contributed by atoms with E-state index in [2.05, 4.69) is 0 Å². The minimum absolute atomic E-state index is 0.0111. The van der Waals surface area contributed by atoms with Gasteiger partial charge in [-0.2, -0.15) is 22.0 Å². The first-order chi connectivity index (χ1) is 16.4. The molecule has 2 aromatic carbocycles. The maximum Gasteiger partial charge on any atom is 0.416 e. The monoisotopic (exact) mass is 501 g/mol. The number of ether oxygens (including phenoxy) is 1. The number of cyclic esters (lactones) is 1. The summed E-state index contributed by atoms with van der Waals surface area (Å²) in [7, 11) is 0. The number of aliphatic hydroxyl groups is 1. The lowest BCUT2D eigenvalue weighted by Crippen LogP contribution is -2.47. The second-order valence-electron chi connectivity index (χ2n) is 8.30. The molecule has 2 unspecified atom stereocenters. The van der Waals surface area contributed by atoms with Crippen molar-refractivity contribution < 1.29 is 46.5 Å². The topological polar surface area (TPSA) is 87.1 Å². The molecule has 1 aliphatic heterocycles. The zero-order valence-electron chi connectivity index (χ0n) is 18.5. The predicted octanol–water partition coefficient (Wildman–Crippen LogP) is 5.09. The Kier molecular flexibility index (Phi) is 7.99. The molecule has 190 valence electrons. The number of amides is 1. The van der Waals surface area contributed by atoms with Gasteiger partial charge in [-0.15, -0.1) is 0 Å². The van der Waals surface area contributed by atoms with Gasteiger partial charge in [0.15, 0.2) is 0 Å². The lowest BCUT2D eigenvalue weighted by molar-refractivity contribution is -0.139. The van der Waals surface area contributed by atoms with E-state index in [1.54, 1.807) is 12.1 Å². The summed E-state index contributed by atoms with van der Waals surface area (Å²) >= 11 is 0. The molecule has 0 aromatic heterocycles. The molecule has 1 aliphatic rings. The summed E-state index contributed by atoms with van der Waals surface area (Å²) in [5.74, 6) is -5.00. The van der Waals surface area contributed by atoms with Crippen LogP contribution in [0.3, 0.4) is 0 Å². The number of benzene rings is 2. The van der Waals surface area contributed by atoms with Gasteiger partial charge in [0.05, 0.1) is 17.7 Å². The lowest BCUT2D eigenvalue weighted by atomic mass is 9.95. The fraction of sp³-hybridized carbons (Fsp3) is 0.417. The molecule has 0 spiro atoms. The molecule has 11 heteroatoms. The van der Waals surface area contributed by atoms with Crippen molar-refractivity contribution in [3.8, 4) is 0 Å². The number of carbonyl (C=O) groups excluding carboxylic acids is 1. The number of halogens is 5. The Hall–Kier alpha value is -3.21. The van der Waals surface area contributed by atoms with Crippen molar-refractivity contribution in [1.29, 1.82) is 0 Å². The Bertz CT molecular complexity index is 1040. The van der Waals surface area contributed by atoms with Crippen LogP contribution in [0.4, 0.5) is 26.7 Å². The van der Waals surface area contributed by atoms with Crippen molar-refractivity contribution in [2.75, 3.05) is 13.2 Å². The first kappa shape index (κ1) is 26.4. The minimum Gasteiger partial charge on any atom is -0.478 e. The predicted molar refractivity (Wildman–Crippen MR) is 114 cm³/mol. The van der Waals surface area contributed by atoms with E-state index < -0.39 is 53.9 Å². The second kappa shape index (κ2) is 10.6. The van der Waals surface area contributed by atoms with Crippen LogP contribution in [0, 0.1) is 0 Å². The van der Waals surface area contributed by atoms with Gasteiger partial charge < -0.3 is 19.8 Å². The average molecular weight is 501 g/mol. The van der Waals surface area contributed by atoms with Crippen molar-refractivity contribution in [2.45, 2.75) is 49.9 Å². The zero-order chi connectivity index (χ0) is 25.8. The Morgan fingerprint density at radius 1 is 1.09 bits per heavy atom. The molecular formula is C24H24F5NO5. The van der Waals surface area contributed by atoms with Crippen LogP contribution in [0.2, 0.25) is 0 Å². The van der Waals surface area contributed by atoms with Crippen LogP contribution in [0.25, 0.3) is 0 Å². The highest BCUT2D eigenvalue weighted by Crippen LogP contribution is 2.38. The van der Waals surface area contributed by atoms with Crippen LogP contribution in [0.5, 0.6) is 0 Å². The van der Waals surface area contributed by atoms with E-state index in [0.717, 1.165) is 17.7 Å². The summed E-state index contributed by atoms with van der Waals surface area (Å²) in [6, 6.07) is 8.24. The number of hydrogen-bond donors (Lipinski definition) is 2. The first-order valence-electron chi connectivity index (χ1n) is 10.9. The van der Waals surface area contributed by atoms with Crippen molar-refractivity contribution in [1.82, 2.24) is 4.90 Å². The van der Waals surface area contributed by atoms with Gasteiger partial charge in [-0.05, 0) is 49.1 Å². The van der Waals surface area contributed by atoms with Crippen molar-refractivity contribution >= 4 is 12.1 Å². The van der Waals surface area contributed by atoms with E-state index in [1.807, 2.05) is 0 Å². The van der Waals surface area contributed by atoms with Gasteiger partial charge in [0.25, 0.3) is 5.92 Å².